The molecule has 0 spiro atoms. The first kappa shape index (κ1) is 23.8. The molecule has 0 aliphatic heterocycles. The molecule has 2 rings (SSSR count). The van der Waals surface area contributed by atoms with Crippen LogP contribution < -0.4 is 16.1 Å². The number of hydrogen-bond donors (Lipinski definition) is 1. The number of primary amides is 1. The van der Waals surface area contributed by atoms with Crippen molar-refractivity contribution in [2.45, 2.75) is 44.3 Å². The Hall–Kier alpha value is -2.51. The number of carbonyl (C=O) groups is 1. The van der Waals surface area contributed by atoms with Crippen LogP contribution in [0.25, 0.3) is 0 Å². The normalized spacial score (nSPS) is 13.5. The Kier molecular flexibility index (Phi) is 7.55. The van der Waals surface area contributed by atoms with E-state index >= 15 is 0 Å². The molecule has 0 heterocycles. The lowest BCUT2D eigenvalue weighted by Crippen LogP contribution is -2.66. The van der Waals surface area contributed by atoms with Crippen LogP contribution in [0.3, 0.4) is 0 Å². The molecule has 2 aromatic carbocycles. The average Bonchev–Trinajstić information content (AvgIpc) is 2.70. The van der Waals surface area contributed by atoms with E-state index < -0.39 is 26.4 Å². The summed E-state index contributed by atoms with van der Waals surface area (Å²) < 4.78 is 39.6. The molecule has 0 fully saturated rings. The molecule has 2 aromatic rings. The highest BCUT2D eigenvalue weighted by molar-refractivity contribution is 6.99. The zero-order valence-corrected chi connectivity index (χ0v) is 18.6. The smallest absolute Gasteiger partial charge is 0.404 e. The number of ether oxygens (including phenoxy) is 1. The number of alkyl halides is 2. The first-order valence-electron chi connectivity index (χ1n) is 9.77. The Morgan fingerprint density at radius 1 is 1.07 bits per heavy atom. The third kappa shape index (κ3) is 5.15. The van der Waals surface area contributed by atoms with Gasteiger partial charge in [-0.25, -0.2) is 4.79 Å². The highest BCUT2D eigenvalue weighted by atomic mass is 28.4. The summed E-state index contributed by atoms with van der Waals surface area (Å²) in [6.07, 6.45) is -2.76. The lowest BCUT2D eigenvalue weighted by atomic mass is 10.1. The van der Waals surface area contributed by atoms with Crippen LogP contribution in [0, 0.1) is 0 Å². The minimum absolute atomic E-state index is 0.0331. The third-order valence-electron chi connectivity index (χ3n) is 5.08. The van der Waals surface area contributed by atoms with Crippen molar-refractivity contribution in [3.05, 3.63) is 73.3 Å². The lowest BCUT2D eigenvalue weighted by molar-refractivity contribution is -0.0798. The van der Waals surface area contributed by atoms with Crippen LogP contribution in [-0.4, -0.2) is 33.0 Å². The Labute approximate surface area is 177 Å². The number of benzene rings is 2. The van der Waals surface area contributed by atoms with E-state index in [1.165, 1.54) is 0 Å². The van der Waals surface area contributed by atoms with Gasteiger partial charge in [0.25, 0.3) is 8.32 Å². The second-order valence-corrected chi connectivity index (χ2v) is 12.4. The summed E-state index contributed by atoms with van der Waals surface area (Å²) >= 11 is 0. The number of amides is 1. The molecule has 0 aromatic heterocycles. The summed E-state index contributed by atoms with van der Waals surface area (Å²) in [5.74, 6) is -3.41. The molecule has 0 radical (unpaired) electrons. The molecular weight excluding hydrogens is 404 g/mol. The predicted molar refractivity (Wildman–Crippen MR) is 118 cm³/mol. The topological polar surface area (TPSA) is 61.6 Å². The first-order valence-corrected chi connectivity index (χ1v) is 11.7. The minimum Gasteiger partial charge on any atom is -0.440 e. The minimum atomic E-state index is -3.41. The molecule has 0 unspecified atom stereocenters. The van der Waals surface area contributed by atoms with Gasteiger partial charge < -0.3 is 14.9 Å². The number of rotatable bonds is 9. The summed E-state index contributed by atoms with van der Waals surface area (Å²) in [5.41, 5.74) is 4.99. The van der Waals surface area contributed by atoms with Crippen LogP contribution in [0.2, 0.25) is 5.04 Å². The van der Waals surface area contributed by atoms with E-state index in [1.807, 2.05) is 60.7 Å². The van der Waals surface area contributed by atoms with E-state index in [0.717, 1.165) is 10.4 Å². The molecule has 0 bridgehead atoms. The van der Waals surface area contributed by atoms with Crippen LogP contribution in [-0.2, 0) is 9.16 Å². The highest BCUT2D eigenvalue weighted by Crippen LogP contribution is 2.37. The molecule has 4 nitrogen and oxygen atoms in total. The van der Waals surface area contributed by atoms with Crippen LogP contribution >= 0.6 is 0 Å². The Morgan fingerprint density at radius 3 is 1.90 bits per heavy atom. The van der Waals surface area contributed by atoms with E-state index in [1.54, 1.807) is 0 Å². The highest BCUT2D eigenvalue weighted by Gasteiger charge is 2.50. The van der Waals surface area contributed by atoms with Crippen LogP contribution in [0.1, 0.15) is 27.2 Å². The van der Waals surface area contributed by atoms with Gasteiger partial charge in [0.2, 0.25) is 0 Å². The van der Waals surface area contributed by atoms with Gasteiger partial charge in [-0.3, -0.25) is 0 Å². The molecule has 0 aliphatic carbocycles. The average molecular weight is 434 g/mol. The quantitative estimate of drug-likeness (QED) is 0.475. The maximum atomic E-state index is 14.2. The van der Waals surface area contributed by atoms with Gasteiger partial charge in [-0.15, -0.1) is 0 Å². The first-order chi connectivity index (χ1) is 14.0. The van der Waals surface area contributed by atoms with Gasteiger partial charge in [0, 0.05) is 13.0 Å². The van der Waals surface area contributed by atoms with E-state index in [4.69, 9.17) is 10.2 Å². The molecule has 1 amide bonds. The van der Waals surface area contributed by atoms with Crippen molar-refractivity contribution >= 4 is 24.8 Å². The molecule has 0 saturated heterocycles. The molecule has 0 saturated carbocycles. The maximum Gasteiger partial charge on any atom is 0.404 e. The second-order valence-electron chi connectivity index (χ2n) is 8.10. The summed E-state index contributed by atoms with van der Waals surface area (Å²) in [7, 11) is -2.87. The largest absolute Gasteiger partial charge is 0.440 e. The summed E-state index contributed by atoms with van der Waals surface area (Å²) in [6.45, 7) is 9.38. The van der Waals surface area contributed by atoms with Crippen molar-refractivity contribution in [3.8, 4) is 0 Å². The number of nitrogens with two attached hydrogens (primary N) is 1. The molecule has 2 N–H and O–H groups in total. The molecule has 162 valence electrons. The Balaban J connectivity index is 2.44. The number of hydrogen-bond acceptors (Lipinski definition) is 3. The fraction of sp³-hybridized carbons (Fsp3) is 0.348. The maximum absolute atomic E-state index is 14.2. The van der Waals surface area contributed by atoms with Crippen molar-refractivity contribution in [2.75, 3.05) is 6.61 Å². The van der Waals surface area contributed by atoms with Crippen LogP contribution in [0.4, 0.5) is 13.6 Å². The molecular formula is C23H29F2NO3Si. The van der Waals surface area contributed by atoms with Gasteiger partial charge in [0.15, 0.2) is 6.10 Å². The van der Waals surface area contributed by atoms with Gasteiger partial charge in [0.1, 0.15) is 0 Å². The van der Waals surface area contributed by atoms with E-state index in [0.29, 0.717) is 6.08 Å². The third-order valence-corrected chi connectivity index (χ3v) is 10.1. The fourth-order valence-electron chi connectivity index (χ4n) is 3.68. The standard InChI is InChI=1S/C23H29F2NO3Si/c1-5-23(24,25)20(29-21(26)27)16-17-28-30(22(2,3)4,18-12-8-6-9-13-18)19-14-10-7-11-15-19/h5-15,20H,1,16-17H2,2-4H3,(H2,26,27)/t20-/m1/s1. The summed E-state index contributed by atoms with van der Waals surface area (Å²) in [5, 5.41) is 1.77. The van der Waals surface area contributed by atoms with Crippen molar-refractivity contribution in [1.29, 1.82) is 0 Å². The zero-order chi connectivity index (χ0) is 22.4. The summed E-state index contributed by atoms with van der Waals surface area (Å²) in [4.78, 5) is 11.1. The molecule has 0 aliphatic rings. The number of halogens is 2. The Morgan fingerprint density at radius 2 is 1.53 bits per heavy atom. The van der Waals surface area contributed by atoms with Crippen molar-refractivity contribution < 1.29 is 22.7 Å². The molecule has 30 heavy (non-hydrogen) atoms. The van der Waals surface area contributed by atoms with Gasteiger partial charge in [-0.1, -0.05) is 88.0 Å². The van der Waals surface area contributed by atoms with Gasteiger partial charge in [0.05, 0.1) is 0 Å². The van der Waals surface area contributed by atoms with Crippen molar-refractivity contribution in [3.63, 3.8) is 0 Å². The zero-order valence-electron chi connectivity index (χ0n) is 17.6. The predicted octanol–water partition coefficient (Wildman–Crippen LogP) is 4.24. The Bertz CT molecular complexity index is 799. The summed E-state index contributed by atoms with van der Waals surface area (Å²) in [6, 6.07) is 19.7. The van der Waals surface area contributed by atoms with Gasteiger partial charge in [-0.2, -0.15) is 8.78 Å². The monoisotopic (exact) mass is 433 g/mol. The van der Waals surface area contributed by atoms with Crippen LogP contribution in [0.15, 0.2) is 73.3 Å². The van der Waals surface area contributed by atoms with E-state index in [9.17, 15) is 13.6 Å². The molecule has 7 heteroatoms. The van der Waals surface area contributed by atoms with Crippen molar-refractivity contribution in [2.24, 2.45) is 5.73 Å². The van der Waals surface area contributed by atoms with Crippen LogP contribution in [0.5, 0.6) is 0 Å². The number of carbonyl (C=O) groups excluding carboxylic acids is 1. The second kappa shape index (κ2) is 9.53. The van der Waals surface area contributed by atoms with E-state index in [2.05, 4.69) is 32.1 Å². The SMILES string of the molecule is C=CC(F)(F)[C@@H](CCO[Si](c1ccccc1)(c1ccccc1)C(C)(C)C)OC(N)=O. The van der Waals surface area contributed by atoms with Crippen molar-refractivity contribution in [1.82, 2.24) is 0 Å². The van der Waals surface area contributed by atoms with E-state index in [-0.39, 0.29) is 18.1 Å². The fourth-order valence-corrected chi connectivity index (χ4v) is 8.26. The molecule has 1 atom stereocenters. The van der Waals surface area contributed by atoms with Gasteiger partial charge in [-0.05, 0) is 21.5 Å². The van der Waals surface area contributed by atoms with Gasteiger partial charge >= 0.3 is 12.0 Å². The lowest BCUT2D eigenvalue weighted by Gasteiger charge is -2.43.